The Kier molecular flexibility index (Phi) is 2.09. The van der Waals surface area contributed by atoms with E-state index in [2.05, 4.69) is 15.5 Å². The first kappa shape index (κ1) is 8.25. The van der Waals surface area contributed by atoms with Gasteiger partial charge in [-0.2, -0.15) is 0 Å². The average molecular weight is 169 g/mol. The van der Waals surface area contributed by atoms with Gasteiger partial charge in [-0.05, 0) is 0 Å². The first-order chi connectivity index (χ1) is 5.65. The lowest BCUT2D eigenvalue weighted by atomic mass is 10.3. The van der Waals surface area contributed by atoms with E-state index in [1.54, 1.807) is 0 Å². The highest BCUT2D eigenvalue weighted by atomic mass is 16.3. The fourth-order valence-electron chi connectivity index (χ4n) is 0.614. The predicted octanol–water partition coefficient (Wildman–Crippen LogP) is -0.753. The van der Waals surface area contributed by atoms with Gasteiger partial charge < -0.3 is 15.5 Å². The quantitative estimate of drug-likeness (QED) is 0.514. The maximum Gasteiger partial charge on any atom is 0.273 e. The molecule has 0 spiro atoms. The molecule has 0 saturated carbocycles. The summed E-state index contributed by atoms with van der Waals surface area (Å²) >= 11 is 0. The minimum Gasteiger partial charge on any atom is -0.503 e. The Morgan fingerprint density at radius 3 is 2.67 bits per heavy atom. The summed E-state index contributed by atoms with van der Waals surface area (Å²) in [4.78, 5) is 10.9. The lowest BCUT2D eigenvalue weighted by molar-refractivity contribution is 0.0956. The number of carbonyl (C=O) groups excluding carboxylic acids is 1. The molecule has 6 nitrogen and oxygen atoms in total. The van der Waals surface area contributed by atoms with Crippen molar-refractivity contribution < 1.29 is 15.0 Å². The molecule has 0 bridgehead atoms. The molecule has 0 aliphatic rings. The van der Waals surface area contributed by atoms with Gasteiger partial charge in [-0.15, -0.1) is 10.2 Å². The van der Waals surface area contributed by atoms with Gasteiger partial charge in [0.25, 0.3) is 11.8 Å². The van der Waals surface area contributed by atoms with Crippen LogP contribution in [0.3, 0.4) is 0 Å². The molecule has 12 heavy (non-hydrogen) atoms. The van der Waals surface area contributed by atoms with E-state index in [1.165, 1.54) is 7.05 Å². The zero-order valence-corrected chi connectivity index (χ0v) is 6.27. The Bertz CT molecular complexity index is 313. The summed E-state index contributed by atoms with van der Waals surface area (Å²) in [6.45, 7) is 0. The lowest BCUT2D eigenvalue weighted by Gasteiger charge is -1.98. The van der Waals surface area contributed by atoms with E-state index >= 15 is 0 Å². The van der Waals surface area contributed by atoms with Gasteiger partial charge in [0.2, 0.25) is 0 Å². The predicted molar refractivity (Wildman–Crippen MR) is 38.8 cm³/mol. The standard InChI is InChI=1S/C6H7N3O3/c1-7-5(11)3-2-4(10)6(12)9-8-3/h2H,1H3,(H,7,11)(H,8,10)(H,9,12). The van der Waals surface area contributed by atoms with E-state index < -0.39 is 17.5 Å². The SMILES string of the molecule is CNC(=O)c1cc(O)c(O)nn1. The van der Waals surface area contributed by atoms with Gasteiger partial charge in [-0.3, -0.25) is 4.79 Å². The van der Waals surface area contributed by atoms with Crippen LogP contribution in [-0.2, 0) is 0 Å². The number of carbonyl (C=O) groups is 1. The van der Waals surface area contributed by atoms with E-state index in [0.29, 0.717) is 0 Å². The second-order valence-corrected chi connectivity index (χ2v) is 2.02. The molecule has 1 amide bonds. The summed E-state index contributed by atoms with van der Waals surface area (Å²) in [5.74, 6) is -1.54. The normalized spacial score (nSPS) is 9.42. The molecule has 0 aliphatic carbocycles. The molecule has 0 aliphatic heterocycles. The minimum absolute atomic E-state index is 0.0483. The number of rotatable bonds is 1. The number of aromatic nitrogens is 2. The van der Waals surface area contributed by atoms with Gasteiger partial charge in [0.1, 0.15) is 0 Å². The number of amides is 1. The van der Waals surface area contributed by atoms with Crippen molar-refractivity contribution in [2.75, 3.05) is 7.05 Å². The van der Waals surface area contributed by atoms with E-state index in [0.717, 1.165) is 6.07 Å². The van der Waals surface area contributed by atoms with Gasteiger partial charge in [-0.1, -0.05) is 0 Å². The summed E-state index contributed by atoms with van der Waals surface area (Å²) in [7, 11) is 1.42. The lowest BCUT2D eigenvalue weighted by Crippen LogP contribution is -2.19. The second kappa shape index (κ2) is 3.04. The minimum atomic E-state index is -0.595. The van der Waals surface area contributed by atoms with Crippen molar-refractivity contribution in [2.45, 2.75) is 0 Å². The van der Waals surface area contributed by atoms with Gasteiger partial charge in [-0.25, -0.2) is 0 Å². The second-order valence-electron chi connectivity index (χ2n) is 2.02. The van der Waals surface area contributed by atoms with Crippen molar-refractivity contribution in [2.24, 2.45) is 0 Å². The third-order valence-corrected chi connectivity index (χ3v) is 1.21. The number of hydrogen-bond acceptors (Lipinski definition) is 5. The molecule has 0 atom stereocenters. The van der Waals surface area contributed by atoms with Crippen LogP contribution in [0.5, 0.6) is 11.6 Å². The number of nitrogens with zero attached hydrogens (tertiary/aromatic N) is 2. The molecule has 6 heteroatoms. The zero-order valence-electron chi connectivity index (χ0n) is 6.27. The van der Waals surface area contributed by atoms with E-state index in [4.69, 9.17) is 10.2 Å². The van der Waals surface area contributed by atoms with Gasteiger partial charge in [0.15, 0.2) is 11.4 Å². The molecule has 0 unspecified atom stereocenters. The van der Waals surface area contributed by atoms with Crippen molar-refractivity contribution in [1.29, 1.82) is 0 Å². The first-order valence-electron chi connectivity index (χ1n) is 3.13. The summed E-state index contributed by atoms with van der Waals surface area (Å²) < 4.78 is 0. The molecule has 1 heterocycles. The summed E-state index contributed by atoms with van der Waals surface area (Å²) in [5, 5.41) is 26.4. The maximum atomic E-state index is 10.9. The van der Waals surface area contributed by atoms with E-state index in [1.807, 2.05) is 0 Å². The van der Waals surface area contributed by atoms with Crippen LogP contribution in [0.2, 0.25) is 0 Å². The highest BCUT2D eigenvalue weighted by Crippen LogP contribution is 2.19. The monoisotopic (exact) mass is 169 g/mol. The van der Waals surface area contributed by atoms with Gasteiger partial charge in [0.05, 0.1) is 0 Å². The van der Waals surface area contributed by atoms with Crippen LogP contribution in [0.15, 0.2) is 6.07 Å². The molecular formula is C6H7N3O3. The van der Waals surface area contributed by atoms with Gasteiger partial charge in [0, 0.05) is 13.1 Å². The Morgan fingerprint density at radius 2 is 2.17 bits per heavy atom. The molecule has 64 valence electrons. The third kappa shape index (κ3) is 1.42. The molecule has 0 radical (unpaired) electrons. The molecule has 0 fully saturated rings. The zero-order chi connectivity index (χ0) is 9.14. The van der Waals surface area contributed by atoms with Crippen LogP contribution in [0, 0.1) is 0 Å². The molecule has 1 aromatic rings. The van der Waals surface area contributed by atoms with Crippen LogP contribution in [0.1, 0.15) is 10.5 Å². The van der Waals surface area contributed by atoms with Crippen molar-refractivity contribution >= 4 is 5.91 Å². The van der Waals surface area contributed by atoms with E-state index in [-0.39, 0.29) is 5.69 Å². The highest BCUT2D eigenvalue weighted by molar-refractivity contribution is 5.92. The Labute approximate surface area is 67.9 Å². The van der Waals surface area contributed by atoms with E-state index in [9.17, 15) is 4.79 Å². The Balaban J connectivity index is 3.05. The topological polar surface area (TPSA) is 95.3 Å². The van der Waals surface area contributed by atoms with Crippen molar-refractivity contribution in [3.63, 3.8) is 0 Å². The summed E-state index contributed by atoms with van der Waals surface area (Å²) in [6, 6.07) is 1.03. The maximum absolute atomic E-state index is 10.9. The Morgan fingerprint density at radius 1 is 1.50 bits per heavy atom. The van der Waals surface area contributed by atoms with Crippen LogP contribution in [0.4, 0.5) is 0 Å². The van der Waals surface area contributed by atoms with Crippen molar-refractivity contribution in [3.05, 3.63) is 11.8 Å². The summed E-state index contributed by atoms with van der Waals surface area (Å²) in [6.07, 6.45) is 0. The van der Waals surface area contributed by atoms with Crippen LogP contribution in [-0.4, -0.2) is 33.4 Å². The molecule has 1 aromatic heterocycles. The molecule has 1 rings (SSSR count). The molecule has 0 aromatic carbocycles. The highest BCUT2D eigenvalue weighted by Gasteiger charge is 2.09. The van der Waals surface area contributed by atoms with Crippen molar-refractivity contribution in [3.8, 4) is 11.6 Å². The fraction of sp³-hybridized carbons (Fsp3) is 0.167. The first-order valence-corrected chi connectivity index (χ1v) is 3.13. The third-order valence-electron chi connectivity index (χ3n) is 1.21. The largest absolute Gasteiger partial charge is 0.503 e. The fourth-order valence-corrected chi connectivity index (χ4v) is 0.614. The van der Waals surface area contributed by atoms with Crippen LogP contribution >= 0.6 is 0 Å². The molecular weight excluding hydrogens is 162 g/mol. The Hall–Kier alpha value is -1.85. The smallest absolute Gasteiger partial charge is 0.273 e. The van der Waals surface area contributed by atoms with Gasteiger partial charge >= 0.3 is 0 Å². The van der Waals surface area contributed by atoms with Crippen LogP contribution in [0.25, 0.3) is 0 Å². The van der Waals surface area contributed by atoms with Crippen LogP contribution < -0.4 is 5.32 Å². The van der Waals surface area contributed by atoms with Crippen molar-refractivity contribution in [1.82, 2.24) is 15.5 Å². The number of nitrogens with one attached hydrogen (secondary N) is 1. The molecule has 0 saturated heterocycles. The molecule has 3 N–H and O–H groups in total. The summed E-state index contributed by atoms with van der Waals surface area (Å²) in [5.41, 5.74) is -0.0483. The number of aromatic hydroxyl groups is 2. The average Bonchev–Trinajstić information content (AvgIpc) is 2.08. The number of hydrogen-bond donors (Lipinski definition) is 3.